The molecule has 0 saturated heterocycles. The Labute approximate surface area is 119 Å². The zero-order valence-corrected chi connectivity index (χ0v) is 12.2. The van der Waals surface area contributed by atoms with E-state index in [0.717, 1.165) is 28.1 Å². The van der Waals surface area contributed by atoms with Crippen LogP contribution in [0.15, 0.2) is 24.4 Å². The minimum Gasteiger partial charge on any atom is -0.493 e. The van der Waals surface area contributed by atoms with Gasteiger partial charge in [0.15, 0.2) is 11.5 Å². The van der Waals surface area contributed by atoms with Crippen molar-refractivity contribution < 1.29 is 9.47 Å². The second kappa shape index (κ2) is 4.85. The third kappa shape index (κ3) is 2.15. The highest BCUT2D eigenvalue weighted by molar-refractivity contribution is 5.94. The normalized spacial score (nSPS) is 16.6. The zero-order valence-electron chi connectivity index (χ0n) is 12.2. The number of aromatic nitrogens is 1. The number of nitrogens with zero attached hydrogens (tertiary/aromatic N) is 1. The van der Waals surface area contributed by atoms with Crippen LogP contribution in [-0.2, 0) is 0 Å². The van der Waals surface area contributed by atoms with E-state index in [0.29, 0.717) is 0 Å². The van der Waals surface area contributed by atoms with Gasteiger partial charge in [0.2, 0.25) is 0 Å². The molecule has 106 valence electrons. The molecule has 0 unspecified atom stereocenters. The Morgan fingerprint density at radius 2 is 1.85 bits per heavy atom. The van der Waals surface area contributed by atoms with Crippen LogP contribution in [0.5, 0.6) is 11.5 Å². The molecule has 1 heterocycles. The molecule has 1 aromatic carbocycles. The Kier molecular flexibility index (Phi) is 3.16. The molecule has 0 bridgehead atoms. The first-order valence-electron chi connectivity index (χ1n) is 6.94. The van der Waals surface area contributed by atoms with Crippen LogP contribution >= 0.6 is 0 Å². The van der Waals surface area contributed by atoms with Crippen LogP contribution in [-0.4, -0.2) is 24.7 Å². The standard InChI is InChI=1S/C16H20N2O2/c1-16(6-4-7-16)18-15-12-10-14(20-3)13(19-2)9-11(12)5-8-17-15/h5,8-10H,4,6-7H2,1-3H3,(H,17,18). The molecule has 20 heavy (non-hydrogen) atoms. The van der Waals surface area contributed by atoms with Gasteiger partial charge in [0.25, 0.3) is 0 Å². The number of methoxy groups -OCH3 is 2. The fraction of sp³-hybridized carbons (Fsp3) is 0.438. The van der Waals surface area contributed by atoms with Gasteiger partial charge in [-0.3, -0.25) is 0 Å². The molecule has 4 heteroatoms. The summed E-state index contributed by atoms with van der Waals surface area (Å²) in [6, 6.07) is 5.97. The summed E-state index contributed by atoms with van der Waals surface area (Å²) in [6.07, 6.45) is 5.50. The number of anilines is 1. The van der Waals surface area contributed by atoms with Gasteiger partial charge < -0.3 is 14.8 Å². The van der Waals surface area contributed by atoms with Gasteiger partial charge in [-0.1, -0.05) is 0 Å². The highest BCUT2D eigenvalue weighted by Gasteiger charge is 2.32. The Morgan fingerprint density at radius 1 is 1.15 bits per heavy atom. The Morgan fingerprint density at radius 3 is 2.45 bits per heavy atom. The SMILES string of the molecule is COc1cc2ccnc(NC3(C)CCC3)c2cc1OC. The third-order valence-electron chi connectivity index (χ3n) is 4.15. The lowest BCUT2D eigenvalue weighted by Gasteiger charge is -2.39. The van der Waals surface area contributed by atoms with Gasteiger partial charge in [-0.2, -0.15) is 0 Å². The monoisotopic (exact) mass is 272 g/mol. The molecule has 1 fully saturated rings. The predicted molar refractivity (Wildman–Crippen MR) is 80.7 cm³/mol. The number of nitrogens with one attached hydrogen (secondary N) is 1. The highest BCUT2D eigenvalue weighted by Crippen LogP contribution is 2.38. The predicted octanol–water partition coefficient (Wildman–Crippen LogP) is 3.61. The Balaban J connectivity index is 2.08. The van der Waals surface area contributed by atoms with Crippen LogP contribution in [0.4, 0.5) is 5.82 Å². The van der Waals surface area contributed by atoms with Crippen LogP contribution in [0, 0.1) is 0 Å². The van der Waals surface area contributed by atoms with E-state index in [1.165, 1.54) is 19.3 Å². The average Bonchev–Trinajstić information content (AvgIpc) is 2.44. The van der Waals surface area contributed by atoms with Crippen molar-refractivity contribution in [1.82, 2.24) is 4.98 Å². The fourth-order valence-corrected chi connectivity index (χ4v) is 2.72. The van der Waals surface area contributed by atoms with Crippen molar-refractivity contribution in [1.29, 1.82) is 0 Å². The van der Waals surface area contributed by atoms with Crippen LogP contribution in [0.2, 0.25) is 0 Å². The van der Waals surface area contributed by atoms with Gasteiger partial charge in [-0.25, -0.2) is 4.98 Å². The molecular weight excluding hydrogens is 252 g/mol. The molecule has 0 atom stereocenters. The highest BCUT2D eigenvalue weighted by atomic mass is 16.5. The lowest BCUT2D eigenvalue weighted by molar-refractivity contribution is 0.306. The van der Waals surface area contributed by atoms with Crippen LogP contribution < -0.4 is 14.8 Å². The van der Waals surface area contributed by atoms with Crippen molar-refractivity contribution in [3.63, 3.8) is 0 Å². The number of rotatable bonds is 4. The van der Waals surface area contributed by atoms with Gasteiger partial charge in [-0.05, 0) is 49.8 Å². The Bertz CT molecular complexity index is 636. The number of hydrogen-bond acceptors (Lipinski definition) is 4. The maximum Gasteiger partial charge on any atom is 0.161 e. The molecule has 3 rings (SSSR count). The molecule has 1 saturated carbocycles. The van der Waals surface area contributed by atoms with Crippen molar-refractivity contribution >= 4 is 16.6 Å². The summed E-state index contributed by atoms with van der Waals surface area (Å²) < 4.78 is 10.7. The molecule has 0 spiro atoms. The molecule has 0 radical (unpaired) electrons. The first kappa shape index (κ1) is 13.0. The second-order valence-electron chi connectivity index (χ2n) is 5.63. The first-order valence-corrected chi connectivity index (χ1v) is 6.94. The molecule has 1 N–H and O–H groups in total. The quantitative estimate of drug-likeness (QED) is 0.923. The molecular formula is C16H20N2O2. The number of hydrogen-bond donors (Lipinski definition) is 1. The molecule has 1 aliphatic rings. The van der Waals surface area contributed by atoms with E-state index in [2.05, 4.69) is 17.2 Å². The summed E-state index contributed by atoms with van der Waals surface area (Å²) in [7, 11) is 3.31. The second-order valence-corrected chi connectivity index (χ2v) is 5.63. The van der Waals surface area contributed by atoms with Gasteiger partial charge in [0.1, 0.15) is 5.82 Å². The van der Waals surface area contributed by atoms with E-state index in [4.69, 9.17) is 9.47 Å². The van der Waals surface area contributed by atoms with E-state index in [1.54, 1.807) is 14.2 Å². The van der Waals surface area contributed by atoms with Gasteiger partial charge in [0.05, 0.1) is 14.2 Å². The van der Waals surface area contributed by atoms with Gasteiger partial charge >= 0.3 is 0 Å². The van der Waals surface area contributed by atoms with Gasteiger partial charge in [-0.15, -0.1) is 0 Å². The third-order valence-corrected chi connectivity index (χ3v) is 4.15. The summed E-state index contributed by atoms with van der Waals surface area (Å²) in [4.78, 5) is 4.50. The average molecular weight is 272 g/mol. The van der Waals surface area contributed by atoms with E-state index in [9.17, 15) is 0 Å². The number of pyridine rings is 1. The Hall–Kier alpha value is -1.97. The smallest absolute Gasteiger partial charge is 0.161 e. The van der Waals surface area contributed by atoms with Crippen LogP contribution in [0.3, 0.4) is 0 Å². The number of ether oxygens (including phenoxy) is 2. The van der Waals surface area contributed by atoms with Crippen molar-refractivity contribution in [2.75, 3.05) is 19.5 Å². The lowest BCUT2D eigenvalue weighted by atomic mass is 9.78. The van der Waals surface area contributed by atoms with E-state index in [1.807, 2.05) is 24.4 Å². The van der Waals surface area contributed by atoms with Crippen molar-refractivity contribution in [2.45, 2.75) is 31.7 Å². The minimum atomic E-state index is 0.175. The van der Waals surface area contributed by atoms with E-state index < -0.39 is 0 Å². The number of benzene rings is 1. The van der Waals surface area contributed by atoms with Crippen molar-refractivity contribution in [3.05, 3.63) is 24.4 Å². The van der Waals surface area contributed by atoms with E-state index in [-0.39, 0.29) is 5.54 Å². The molecule has 0 amide bonds. The maximum atomic E-state index is 5.39. The van der Waals surface area contributed by atoms with Crippen molar-refractivity contribution in [2.24, 2.45) is 0 Å². The van der Waals surface area contributed by atoms with Crippen LogP contribution in [0.25, 0.3) is 10.8 Å². The van der Waals surface area contributed by atoms with Crippen molar-refractivity contribution in [3.8, 4) is 11.5 Å². The maximum absolute atomic E-state index is 5.39. The van der Waals surface area contributed by atoms with Crippen LogP contribution in [0.1, 0.15) is 26.2 Å². The molecule has 0 aliphatic heterocycles. The molecule has 4 nitrogen and oxygen atoms in total. The fourth-order valence-electron chi connectivity index (χ4n) is 2.72. The largest absolute Gasteiger partial charge is 0.493 e. The summed E-state index contributed by atoms with van der Waals surface area (Å²) in [5.74, 6) is 2.40. The molecule has 1 aromatic heterocycles. The van der Waals surface area contributed by atoms with E-state index >= 15 is 0 Å². The number of fused-ring (bicyclic) bond motifs is 1. The summed E-state index contributed by atoms with van der Waals surface area (Å²) in [6.45, 7) is 2.25. The lowest BCUT2D eigenvalue weighted by Crippen LogP contribution is -2.41. The molecule has 2 aromatic rings. The summed E-state index contributed by atoms with van der Waals surface area (Å²) in [5, 5.41) is 5.75. The van der Waals surface area contributed by atoms with Gasteiger partial charge in [0, 0.05) is 17.1 Å². The molecule has 1 aliphatic carbocycles. The summed E-state index contributed by atoms with van der Waals surface area (Å²) in [5.41, 5.74) is 0.175. The minimum absolute atomic E-state index is 0.175. The summed E-state index contributed by atoms with van der Waals surface area (Å²) >= 11 is 0. The zero-order chi connectivity index (χ0) is 14.2. The first-order chi connectivity index (χ1) is 9.65. The topological polar surface area (TPSA) is 43.4 Å².